The molecule has 0 fully saturated rings. The zero-order chi connectivity index (χ0) is 27.4. The number of hydrogen-bond donors (Lipinski definition) is 1. The molecule has 3 aromatic rings. The van der Waals surface area contributed by atoms with Gasteiger partial charge in [-0.15, -0.1) is 0 Å². The molecule has 0 spiro atoms. The van der Waals surface area contributed by atoms with Crippen molar-refractivity contribution in [1.29, 1.82) is 0 Å². The predicted molar refractivity (Wildman–Crippen MR) is 156 cm³/mol. The summed E-state index contributed by atoms with van der Waals surface area (Å²) in [4.78, 5) is 35.6. The third-order valence-electron chi connectivity index (χ3n) is 6.71. The number of hydrogen-bond acceptors (Lipinski definition) is 6. The summed E-state index contributed by atoms with van der Waals surface area (Å²) < 4.78 is 5.51. The molecule has 39 heavy (non-hydrogen) atoms. The number of para-hydroxylation sites is 1. The Kier molecular flexibility index (Phi) is 7.84. The average Bonchev–Trinajstić information content (AvgIpc) is 3.34. The maximum absolute atomic E-state index is 13.7. The molecule has 8 heteroatoms. The number of thioether (sulfide) groups is 1. The van der Waals surface area contributed by atoms with E-state index in [-0.39, 0.29) is 18.2 Å². The van der Waals surface area contributed by atoms with Gasteiger partial charge in [0.15, 0.2) is 5.17 Å². The minimum absolute atomic E-state index is 0.0158. The third-order valence-corrected chi connectivity index (χ3v) is 7.60. The van der Waals surface area contributed by atoms with Crippen LogP contribution in [0.25, 0.3) is 0 Å². The summed E-state index contributed by atoms with van der Waals surface area (Å²) in [6.45, 7) is 2.37. The lowest BCUT2D eigenvalue weighted by molar-refractivity contribution is -0.129. The summed E-state index contributed by atoms with van der Waals surface area (Å²) in [5, 5.41) is 5.73. The molecule has 2 amide bonds. The van der Waals surface area contributed by atoms with Crippen LogP contribution in [0.1, 0.15) is 30.5 Å². The van der Waals surface area contributed by atoms with Crippen LogP contribution in [0.2, 0.25) is 0 Å². The van der Waals surface area contributed by atoms with E-state index in [1.807, 2.05) is 109 Å². The lowest BCUT2D eigenvalue weighted by atomic mass is 9.93. The van der Waals surface area contributed by atoms with Gasteiger partial charge in [0.1, 0.15) is 5.75 Å². The van der Waals surface area contributed by atoms with Crippen molar-refractivity contribution in [2.45, 2.75) is 25.9 Å². The minimum atomic E-state index is -0.482. The number of benzene rings is 3. The molecule has 1 unspecified atom stereocenters. The Bertz CT molecular complexity index is 1470. The molecular weight excluding hydrogens is 508 g/mol. The highest BCUT2D eigenvalue weighted by Gasteiger charge is 2.40. The van der Waals surface area contributed by atoms with Gasteiger partial charge in [-0.2, -0.15) is 0 Å². The summed E-state index contributed by atoms with van der Waals surface area (Å²) in [7, 11) is 3.43. The highest BCUT2D eigenvalue weighted by molar-refractivity contribution is 8.16. The number of allylic oxidation sites excluding steroid dienone is 1. The summed E-state index contributed by atoms with van der Waals surface area (Å²) in [5.41, 5.74) is 4.60. The van der Waals surface area contributed by atoms with Crippen molar-refractivity contribution in [2.75, 3.05) is 19.5 Å². The van der Waals surface area contributed by atoms with Crippen LogP contribution in [0.3, 0.4) is 0 Å². The largest absolute Gasteiger partial charge is 0.497 e. The molecule has 0 aromatic heterocycles. The van der Waals surface area contributed by atoms with E-state index in [4.69, 9.17) is 9.73 Å². The van der Waals surface area contributed by atoms with Crippen molar-refractivity contribution >= 4 is 34.4 Å². The Balaban J connectivity index is 1.47. The van der Waals surface area contributed by atoms with E-state index in [2.05, 4.69) is 5.32 Å². The molecule has 3 aromatic carbocycles. The standard InChI is InChI=1S/C31H30N4O3S/c1-21-28(30(37)33-24-14-8-5-9-15-24)29(23-13-10-16-26(17-23)38-3)35-25(20-39-31(35)32-21)18-27(36)34(2)19-22-11-6-4-7-12-22/h4-17,20,29H,18-19H2,1-3H3,(H,33,37). The number of rotatable bonds is 8. The van der Waals surface area contributed by atoms with Gasteiger partial charge in [-0.25, -0.2) is 4.99 Å². The van der Waals surface area contributed by atoms with Gasteiger partial charge in [-0.05, 0) is 47.7 Å². The molecular formula is C31H30N4O3S. The average molecular weight is 539 g/mol. The van der Waals surface area contributed by atoms with Crippen LogP contribution in [0.15, 0.2) is 112 Å². The smallest absolute Gasteiger partial charge is 0.255 e. The van der Waals surface area contributed by atoms with Crippen LogP contribution in [0.5, 0.6) is 5.75 Å². The number of amides is 2. The molecule has 2 aliphatic rings. The number of amidine groups is 1. The molecule has 2 heterocycles. The van der Waals surface area contributed by atoms with Gasteiger partial charge in [-0.3, -0.25) is 9.59 Å². The van der Waals surface area contributed by atoms with Crippen LogP contribution in [-0.4, -0.2) is 40.9 Å². The molecule has 0 radical (unpaired) electrons. The van der Waals surface area contributed by atoms with Crippen molar-refractivity contribution in [1.82, 2.24) is 9.80 Å². The Morgan fingerprint density at radius 1 is 1.03 bits per heavy atom. The quantitative estimate of drug-likeness (QED) is 0.383. The van der Waals surface area contributed by atoms with Crippen molar-refractivity contribution in [2.24, 2.45) is 4.99 Å². The maximum Gasteiger partial charge on any atom is 0.255 e. The van der Waals surface area contributed by atoms with Crippen LogP contribution < -0.4 is 10.1 Å². The van der Waals surface area contributed by atoms with Crippen LogP contribution >= 0.6 is 11.8 Å². The second kappa shape index (κ2) is 11.6. The molecule has 0 saturated heterocycles. The van der Waals surface area contributed by atoms with E-state index in [9.17, 15) is 9.59 Å². The summed E-state index contributed by atoms with van der Waals surface area (Å²) in [6, 6.07) is 26.5. The molecule has 1 N–H and O–H groups in total. The number of nitrogens with one attached hydrogen (secondary N) is 1. The molecule has 0 aliphatic carbocycles. The van der Waals surface area contributed by atoms with E-state index in [0.29, 0.717) is 29.3 Å². The molecule has 1 atom stereocenters. The minimum Gasteiger partial charge on any atom is -0.497 e. The number of aliphatic imine (C=N–C) groups is 1. The van der Waals surface area contributed by atoms with E-state index in [0.717, 1.165) is 22.0 Å². The SMILES string of the molecule is COc1cccc(C2C(C(=O)Nc3ccccc3)=C(C)N=C3SC=C(CC(=O)N(C)Cc4ccccc4)N32)c1. The van der Waals surface area contributed by atoms with Crippen molar-refractivity contribution in [3.8, 4) is 5.75 Å². The number of ether oxygens (including phenoxy) is 1. The Hall–Kier alpha value is -4.30. The van der Waals surface area contributed by atoms with Gasteiger partial charge in [-0.1, -0.05) is 72.4 Å². The second-order valence-electron chi connectivity index (χ2n) is 9.40. The number of fused-ring (bicyclic) bond motifs is 1. The van der Waals surface area contributed by atoms with Crippen molar-refractivity contribution < 1.29 is 14.3 Å². The second-order valence-corrected chi connectivity index (χ2v) is 10.2. The first kappa shape index (κ1) is 26.3. The molecule has 0 bridgehead atoms. The first-order valence-corrected chi connectivity index (χ1v) is 13.5. The number of nitrogens with zero attached hydrogens (tertiary/aromatic N) is 3. The van der Waals surface area contributed by atoms with E-state index in [1.165, 1.54) is 11.8 Å². The maximum atomic E-state index is 13.7. The van der Waals surface area contributed by atoms with Gasteiger partial charge >= 0.3 is 0 Å². The highest BCUT2D eigenvalue weighted by atomic mass is 32.2. The summed E-state index contributed by atoms with van der Waals surface area (Å²) >= 11 is 1.47. The topological polar surface area (TPSA) is 74.2 Å². The monoisotopic (exact) mass is 538 g/mol. The Morgan fingerprint density at radius 2 is 1.74 bits per heavy atom. The Labute approximate surface area is 232 Å². The molecule has 7 nitrogen and oxygen atoms in total. The molecule has 0 saturated carbocycles. The fourth-order valence-electron chi connectivity index (χ4n) is 4.74. The fourth-order valence-corrected chi connectivity index (χ4v) is 5.71. The number of carbonyl (C=O) groups is 2. The lowest BCUT2D eigenvalue weighted by Gasteiger charge is -2.37. The van der Waals surface area contributed by atoms with E-state index < -0.39 is 6.04 Å². The van der Waals surface area contributed by atoms with Crippen molar-refractivity contribution in [3.63, 3.8) is 0 Å². The number of carbonyl (C=O) groups excluding carboxylic acids is 2. The van der Waals surface area contributed by atoms with E-state index >= 15 is 0 Å². The molecule has 2 aliphatic heterocycles. The van der Waals surface area contributed by atoms with Crippen LogP contribution in [0.4, 0.5) is 5.69 Å². The van der Waals surface area contributed by atoms with Gasteiger partial charge in [0.2, 0.25) is 5.91 Å². The first-order chi connectivity index (χ1) is 18.9. The van der Waals surface area contributed by atoms with Gasteiger partial charge in [0.25, 0.3) is 5.91 Å². The van der Waals surface area contributed by atoms with Crippen molar-refractivity contribution in [3.05, 3.63) is 118 Å². The number of anilines is 1. The predicted octanol–water partition coefficient (Wildman–Crippen LogP) is 5.96. The molecule has 5 rings (SSSR count). The Morgan fingerprint density at radius 3 is 2.46 bits per heavy atom. The zero-order valence-electron chi connectivity index (χ0n) is 22.1. The summed E-state index contributed by atoms with van der Waals surface area (Å²) in [6.07, 6.45) is 0.183. The van der Waals surface area contributed by atoms with Gasteiger partial charge in [0.05, 0.1) is 30.8 Å². The normalized spacial score (nSPS) is 16.3. The summed E-state index contributed by atoms with van der Waals surface area (Å²) in [5.74, 6) is 0.434. The van der Waals surface area contributed by atoms with Gasteiger partial charge in [0, 0.05) is 25.0 Å². The highest BCUT2D eigenvalue weighted by Crippen LogP contribution is 2.45. The zero-order valence-corrected chi connectivity index (χ0v) is 22.9. The molecule has 198 valence electrons. The van der Waals surface area contributed by atoms with Crippen LogP contribution in [-0.2, 0) is 16.1 Å². The van der Waals surface area contributed by atoms with Gasteiger partial charge < -0.3 is 19.9 Å². The first-order valence-electron chi connectivity index (χ1n) is 12.7. The van der Waals surface area contributed by atoms with Crippen LogP contribution in [0, 0.1) is 0 Å². The number of methoxy groups -OCH3 is 1. The van der Waals surface area contributed by atoms with E-state index in [1.54, 1.807) is 12.0 Å². The fraction of sp³-hybridized carbons (Fsp3) is 0.194. The lowest BCUT2D eigenvalue weighted by Crippen LogP contribution is -2.39. The third kappa shape index (κ3) is 5.76.